The number of carbonyl (C=O) groups is 1. The van der Waals surface area contributed by atoms with Crippen molar-refractivity contribution in [2.75, 3.05) is 6.16 Å². The normalized spacial score (nSPS) is 18.1. The Labute approximate surface area is 99.2 Å². The summed E-state index contributed by atoms with van der Waals surface area (Å²) in [5, 5.41) is 18.3. The molecule has 5 nitrogen and oxygen atoms in total. The van der Waals surface area contributed by atoms with Gasteiger partial charge in [-0.2, -0.15) is 0 Å². The third kappa shape index (κ3) is 3.66. The van der Waals surface area contributed by atoms with Gasteiger partial charge in [-0.15, -0.1) is 0 Å². The highest BCUT2D eigenvalue weighted by molar-refractivity contribution is 7.66. The maximum atomic E-state index is 12.0. The Kier molecular flexibility index (Phi) is 4.46. The lowest BCUT2D eigenvalue weighted by atomic mass is 10.1. The molecule has 0 spiro atoms. The summed E-state index contributed by atoms with van der Waals surface area (Å²) < 4.78 is 12.0. The highest BCUT2D eigenvalue weighted by Gasteiger charge is 2.33. The van der Waals surface area contributed by atoms with Crippen LogP contribution < -0.4 is 5.30 Å². The second-order valence-corrected chi connectivity index (χ2v) is 6.19. The summed E-state index contributed by atoms with van der Waals surface area (Å²) in [5.74, 6) is -2.52. The Bertz CT molecular complexity index is 429. The van der Waals surface area contributed by atoms with Crippen LogP contribution in [0.3, 0.4) is 0 Å². The Morgan fingerprint density at radius 2 is 1.88 bits per heavy atom. The van der Waals surface area contributed by atoms with Gasteiger partial charge in [0, 0.05) is 11.5 Å². The van der Waals surface area contributed by atoms with E-state index in [1.54, 1.807) is 18.2 Å². The van der Waals surface area contributed by atoms with Crippen molar-refractivity contribution in [2.24, 2.45) is 5.92 Å². The van der Waals surface area contributed by atoms with Gasteiger partial charge < -0.3 is 15.1 Å². The number of aliphatic carboxylic acids is 1. The average Bonchev–Trinajstić information content (AvgIpc) is 2.26. The van der Waals surface area contributed by atoms with Crippen LogP contribution in [0.15, 0.2) is 30.3 Å². The lowest BCUT2D eigenvalue weighted by Gasteiger charge is -2.19. The van der Waals surface area contributed by atoms with Crippen LogP contribution in [0.1, 0.15) is 6.92 Å². The average molecular weight is 258 g/mol. The highest BCUT2D eigenvalue weighted by atomic mass is 31.2. The molecule has 17 heavy (non-hydrogen) atoms. The molecule has 3 unspecified atom stereocenters. The highest BCUT2D eigenvalue weighted by Crippen LogP contribution is 2.41. The third-order valence-corrected chi connectivity index (χ3v) is 4.50. The first-order valence-corrected chi connectivity index (χ1v) is 6.97. The van der Waals surface area contributed by atoms with E-state index in [0.717, 1.165) is 0 Å². The molecule has 0 bridgehead atoms. The molecule has 0 saturated heterocycles. The Hall–Kier alpha value is -1.16. The minimum Gasteiger partial charge on any atom is -0.481 e. The molecule has 3 N–H and O–H groups in total. The standard InChI is InChI=1S/C11H15O5P/c1-8(12)10(11(13)14)7-17(15,16)9-5-3-2-4-6-9/h2-6,8,10,12H,7H2,1H3,(H,13,14)(H,15,16). The largest absolute Gasteiger partial charge is 0.481 e. The smallest absolute Gasteiger partial charge is 0.309 e. The SMILES string of the molecule is CC(O)C(CP(=O)(O)c1ccccc1)C(=O)O. The Morgan fingerprint density at radius 3 is 2.29 bits per heavy atom. The van der Waals surface area contributed by atoms with E-state index < -0.39 is 31.5 Å². The maximum absolute atomic E-state index is 12.0. The van der Waals surface area contributed by atoms with Crippen LogP contribution in [0.4, 0.5) is 0 Å². The first-order chi connectivity index (χ1) is 7.84. The molecular weight excluding hydrogens is 243 g/mol. The number of carboxylic acid groups (broad SMARTS) is 1. The molecule has 0 aromatic heterocycles. The molecule has 1 rings (SSSR count). The first-order valence-electron chi connectivity index (χ1n) is 5.13. The number of aliphatic hydroxyl groups excluding tert-OH is 1. The van der Waals surface area contributed by atoms with Crippen molar-refractivity contribution in [3.05, 3.63) is 30.3 Å². The van der Waals surface area contributed by atoms with Gasteiger partial charge >= 0.3 is 5.97 Å². The molecule has 0 aliphatic carbocycles. The van der Waals surface area contributed by atoms with E-state index in [0.29, 0.717) is 0 Å². The summed E-state index contributed by atoms with van der Waals surface area (Å²) in [7, 11) is -3.75. The number of carboxylic acids is 1. The fourth-order valence-corrected chi connectivity index (χ4v) is 3.31. The van der Waals surface area contributed by atoms with E-state index >= 15 is 0 Å². The minimum absolute atomic E-state index is 0.201. The van der Waals surface area contributed by atoms with Gasteiger partial charge in [0.15, 0.2) is 0 Å². The summed E-state index contributed by atoms with van der Waals surface area (Å²) >= 11 is 0. The topological polar surface area (TPSA) is 94.8 Å². The molecule has 94 valence electrons. The van der Waals surface area contributed by atoms with Gasteiger partial charge in [0.2, 0.25) is 7.37 Å². The summed E-state index contributed by atoms with van der Waals surface area (Å²) in [4.78, 5) is 20.7. The molecule has 0 amide bonds. The van der Waals surface area contributed by atoms with Gasteiger partial charge in [0.05, 0.1) is 12.0 Å². The lowest BCUT2D eigenvalue weighted by Crippen LogP contribution is -2.30. The lowest BCUT2D eigenvalue weighted by molar-refractivity contribution is -0.144. The summed E-state index contributed by atoms with van der Waals surface area (Å²) in [5.41, 5.74) is 0. The first kappa shape index (κ1) is 13.9. The maximum Gasteiger partial charge on any atom is 0.309 e. The van der Waals surface area contributed by atoms with Crippen molar-refractivity contribution >= 4 is 18.6 Å². The number of rotatable bonds is 5. The quantitative estimate of drug-likeness (QED) is 0.674. The molecule has 0 saturated carbocycles. The third-order valence-electron chi connectivity index (χ3n) is 2.50. The summed E-state index contributed by atoms with van der Waals surface area (Å²) in [6.07, 6.45) is -1.64. The molecule has 0 radical (unpaired) electrons. The predicted molar refractivity (Wildman–Crippen MR) is 63.6 cm³/mol. The van der Waals surface area contributed by atoms with Crippen LogP contribution in [0.25, 0.3) is 0 Å². The van der Waals surface area contributed by atoms with Crippen molar-refractivity contribution in [1.29, 1.82) is 0 Å². The molecule has 3 atom stereocenters. The number of aliphatic hydroxyl groups is 1. The van der Waals surface area contributed by atoms with Crippen molar-refractivity contribution in [3.8, 4) is 0 Å². The number of benzene rings is 1. The Balaban J connectivity index is 2.93. The minimum atomic E-state index is -3.75. The van der Waals surface area contributed by atoms with Crippen molar-refractivity contribution < 1.29 is 24.5 Å². The van der Waals surface area contributed by atoms with Crippen LogP contribution in [-0.2, 0) is 9.36 Å². The van der Waals surface area contributed by atoms with E-state index in [4.69, 9.17) is 5.11 Å². The molecule has 1 aromatic rings. The van der Waals surface area contributed by atoms with E-state index in [-0.39, 0.29) is 5.30 Å². The van der Waals surface area contributed by atoms with Gasteiger partial charge in [0.25, 0.3) is 0 Å². The second-order valence-electron chi connectivity index (χ2n) is 3.91. The van der Waals surface area contributed by atoms with E-state index in [1.165, 1.54) is 19.1 Å². The van der Waals surface area contributed by atoms with Gasteiger partial charge in [-0.3, -0.25) is 9.36 Å². The van der Waals surface area contributed by atoms with E-state index in [1.807, 2.05) is 0 Å². The molecule has 1 aromatic carbocycles. The van der Waals surface area contributed by atoms with E-state index in [2.05, 4.69) is 0 Å². The summed E-state index contributed by atoms with van der Waals surface area (Å²) in [6, 6.07) is 7.86. The zero-order chi connectivity index (χ0) is 13.1. The number of hydrogen-bond acceptors (Lipinski definition) is 3. The zero-order valence-electron chi connectivity index (χ0n) is 9.35. The fraction of sp³-hybridized carbons (Fsp3) is 0.364. The van der Waals surface area contributed by atoms with Gasteiger partial charge in [-0.1, -0.05) is 18.2 Å². The van der Waals surface area contributed by atoms with Crippen molar-refractivity contribution in [2.45, 2.75) is 13.0 Å². The monoisotopic (exact) mass is 258 g/mol. The van der Waals surface area contributed by atoms with Crippen LogP contribution in [0.5, 0.6) is 0 Å². The van der Waals surface area contributed by atoms with E-state index in [9.17, 15) is 19.4 Å². The van der Waals surface area contributed by atoms with Crippen molar-refractivity contribution in [1.82, 2.24) is 0 Å². The van der Waals surface area contributed by atoms with Crippen LogP contribution >= 0.6 is 7.37 Å². The molecular formula is C11H15O5P. The molecule has 0 aliphatic rings. The van der Waals surface area contributed by atoms with Crippen LogP contribution in [0, 0.1) is 5.92 Å². The van der Waals surface area contributed by atoms with Crippen LogP contribution in [-0.4, -0.2) is 33.3 Å². The summed E-state index contributed by atoms with van der Waals surface area (Å²) in [6.45, 7) is 1.30. The molecule has 0 aliphatic heterocycles. The Morgan fingerprint density at radius 1 is 1.35 bits per heavy atom. The fourth-order valence-electron chi connectivity index (χ4n) is 1.47. The molecule has 6 heteroatoms. The van der Waals surface area contributed by atoms with Crippen LogP contribution in [0.2, 0.25) is 0 Å². The van der Waals surface area contributed by atoms with Gasteiger partial charge in [0.1, 0.15) is 0 Å². The zero-order valence-corrected chi connectivity index (χ0v) is 10.2. The molecule has 0 heterocycles. The van der Waals surface area contributed by atoms with Gasteiger partial charge in [-0.05, 0) is 19.1 Å². The second kappa shape index (κ2) is 5.45. The van der Waals surface area contributed by atoms with Crippen molar-refractivity contribution in [3.63, 3.8) is 0 Å². The molecule has 0 fully saturated rings. The predicted octanol–water partition coefficient (Wildman–Crippen LogP) is 0.664. The number of hydrogen-bond donors (Lipinski definition) is 3. The van der Waals surface area contributed by atoms with Gasteiger partial charge in [-0.25, -0.2) is 0 Å².